The predicted molar refractivity (Wildman–Crippen MR) is 81.0 cm³/mol. The van der Waals surface area contributed by atoms with Crippen LogP contribution in [-0.4, -0.2) is 23.9 Å². The van der Waals surface area contributed by atoms with Gasteiger partial charge in [0.15, 0.2) is 0 Å². The molecular formula is C13H14Br2N2O2. The van der Waals surface area contributed by atoms with Gasteiger partial charge in [-0.1, -0.05) is 15.9 Å². The second-order valence-electron chi connectivity index (χ2n) is 4.98. The van der Waals surface area contributed by atoms with Crippen molar-refractivity contribution in [1.29, 1.82) is 0 Å². The Kier molecular flexibility index (Phi) is 4.01. The van der Waals surface area contributed by atoms with Gasteiger partial charge in [0.25, 0.3) is 5.91 Å². The zero-order valence-corrected chi connectivity index (χ0v) is 13.8. The minimum absolute atomic E-state index is 0.105. The number of amides is 2. The van der Waals surface area contributed by atoms with Crippen LogP contribution in [0.15, 0.2) is 27.1 Å². The van der Waals surface area contributed by atoms with Crippen molar-refractivity contribution >= 4 is 49.4 Å². The van der Waals surface area contributed by atoms with E-state index in [4.69, 9.17) is 0 Å². The van der Waals surface area contributed by atoms with Crippen molar-refractivity contribution in [3.05, 3.63) is 27.1 Å². The van der Waals surface area contributed by atoms with Crippen LogP contribution in [0, 0.1) is 0 Å². The number of hydrogen-bond donors (Lipinski definition) is 1. The highest BCUT2D eigenvalue weighted by molar-refractivity contribution is 9.11. The van der Waals surface area contributed by atoms with E-state index in [-0.39, 0.29) is 11.8 Å². The zero-order valence-electron chi connectivity index (χ0n) is 10.7. The maximum absolute atomic E-state index is 12.6. The minimum Gasteiger partial charge on any atom is -0.342 e. The molecule has 1 aromatic rings. The molecule has 0 spiro atoms. The highest BCUT2D eigenvalue weighted by Gasteiger charge is 2.37. The number of anilines is 1. The van der Waals surface area contributed by atoms with Crippen molar-refractivity contribution in [2.45, 2.75) is 25.8 Å². The van der Waals surface area contributed by atoms with Crippen LogP contribution < -0.4 is 10.2 Å². The van der Waals surface area contributed by atoms with Crippen LogP contribution in [0.5, 0.6) is 0 Å². The van der Waals surface area contributed by atoms with Crippen LogP contribution in [0.25, 0.3) is 0 Å². The molecule has 6 heteroatoms. The lowest BCUT2D eigenvalue weighted by Gasteiger charge is -2.29. The van der Waals surface area contributed by atoms with Gasteiger partial charge in [-0.05, 0) is 48.0 Å². The highest BCUT2D eigenvalue weighted by Crippen LogP contribution is 2.31. The molecule has 2 amide bonds. The van der Waals surface area contributed by atoms with Crippen LogP contribution in [0.3, 0.4) is 0 Å². The average Bonchev–Trinajstić information content (AvgIpc) is 2.41. The van der Waals surface area contributed by atoms with E-state index >= 15 is 0 Å². The number of hydrogen-bond acceptors (Lipinski definition) is 2. The normalized spacial score (nSPS) is 19.1. The number of carbonyl (C=O) groups excluding carboxylic acids is 2. The van der Waals surface area contributed by atoms with Crippen LogP contribution in [-0.2, 0) is 9.59 Å². The van der Waals surface area contributed by atoms with Gasteiger partial charge in [-0.2, -0.15) is 0 Å². The number of halogens is 2. The van der Waals surface area contributed by atoms with Gasteiger partial charge < -0.3 is 10.2 Å². The van der Waals surface area contributed by atoms with Crippen molar-refractivity contribution in [2.75, 3.05) is 11.4 Å². The first kappa shape index (κ1) is 14.5. The Labute approximate surface area is 128 Å². The smallest absolute Gasteiger partial charge is 0.252 e. The van der Waals surface area contributed by atoms with Gasteiger partial charge in [0.2, 0.25) is 5.91 Å². The van der Waals surface area contributed by atoms with Gasteiger partial charge in [0, 0.05) is 21.9 Å². The molecule has 1 fully saturated rings. The fourth-order valence-electron chi connectivity index (χ4n) is 2.04. The first-order chi connectivity index (χ1) is 8.81. The molecule has 4 nitrogen and oxygen atoms in total. The van der Waals surface area contributed by atoms with Crippen LogP contribution in [0.1, 0.15) is 20.3 Å². The summed E-state index contributed by atoms with van der Waals surface area (Å²) in [5.74, 6) is -0.218. The Morgan fingerprint density at radius 2 is 1.95 bits per heavy atom. The molecule has 0 aromatic heterocycles. The van der Waals surface area contributed by atoms with Crippen LogP contribution in [0.2, 0.25) is 0 Å². The van der Waals surface area contributed by atoms with E-state index in [2.05, 4.69) is 37.2 Å². The summed E-state index contributed by atoms with van der Waals surface area (Å²) in [6.07, 6.45) is 0.300. The zero-order chi connectivity index (χ0) is 14.2. The van der Waals surface area contributed by atoms with Crippen molar-refractivity contribution in [3.8, 4) is 0 Å². The molecule has 0 bridgehead atoms. The molecule has 1 aliphatic rings. The quantitative estimate of drug-likeness (QED) is 0.802. The first-order valence-electron chi connectivity index (χ1n) is 5.89. The lowest BCUT2D eigenvalue weighted by Crippen LogP contribution is -2.53. The van der Waals surface area contributed by atoms with E-state index in [0.29, 0.717) is 13.0 Å². The summed E-state index contributed by atoms with van der Waals surface area (Å²) in [4.78, 5) is 25.9. The molecule has 0 atom stereocenters. The lowest BCUT2D eigenvalue weighted by atomic mass is 10.0. The number of nitrogens with zero attached hydrogens (tertiary/aromatic N) is 1. The minimum atomic E-state index is -0.894. The fraction of sp³-hybridized carbons (Fsp3) is 0.385. The summed E-state index contributed by atoms with van der Waals surface area (Å²) in [5, 5.41) is 2.74. The topological polar surface area (TPSA) is 49.4 Å². The van der Waals surface area contributed by atoms with Gasteiger partial charge in [0.05, 0.1) is 5.69 Å². The van der Waals surface area contributed by atoms with E-state index in [1.807, 2.05) is 18.2 Å². The van der Waals surface area contributed by atoms with E-state index in [9.17, 15) is 9.59 Å². The molecule has 1 aliphatic heterocycles. The summed E-state index contributed by atoms with van der Waals surface area (Å²) in [7, 11) is 0. The molecule has 1 saturated heterocycles. The van der Waals surface area contributed by atoms with E-state index in [1.54, 1.807) is 18.7 Å². The highest BCUT2D eigenvalue weighted by atomic mass is 79.9. The molecule has 1 heterocycles. The van der Waals surface area contributed by atoms with Crippen molar-refractivity contribution in [3.63, 3.8) is 0 Å². The lowest BCUT2D eigenvalue weighted by molar-refractivity contribution is -0.128. The largest absolute Gasteiger partial charge is 0.342 e. The first-order valence-corrected chi connectivity index (χ1v) is 7.48. The Hall–Kier alpha value is -0.880. The standard InChI is InChI=1S/C13H14Br2N2O2/c1-13(2)12(19)17(6-5-11(18)16-13)10-7-8(14)3-4-9(10)15/h3-4,7H,5-6H2,1-2H3,(H,16,18). The van der Waals surface area contributed by atoms with E-state index in [1.165, 1.54) is 0 Å². The summed E-state index contributed by atoms with van der Waals surface area (Å²) in [6, 6.07) is 5.64. The molecule has 0 unspecified atom stereocenters. The summed E-state index contributed by atoms with van der Waals surface area (Å²) in [6.45, 7) is 3.82. The van der Waals surface area contributed by atoms with Crippen molar-refractivity contribution < 1.29 is 9.59 Å². The molecule has 0 aliphatic carbocycles. The van der Waals surface area contributed by atoms with Gasteiger partial charge in [0.1, 0.15) is 5.54 Å². The third-order valence-electron chi connectivity index (χ3n) is 2.99. The Morgan fingerprint density at radius 1 is 1.26 bits per heavy atom. The monoisotopic (exact) mass is 388 g/mol. The number of nitrogens with one attached hydrogen (secondary N) is 1. The van der Waals surface area contributed by atoms with Gasteiger partial charge in [-0.25, -0.2) is 0 Å². The summed E-state index contributed by atoms with van der Waals surface area (Å²) < 4.78 is 1.72. The second-order valence-corrected chi connectivity index (χ2v) is 6.75. The van der Waals surface area contributed by atoms with Crippen LogP contribution in [0.4, 0.5) is 5.69 Å². The number of carbonyl (C=O) groups is 2. The molecule has 0 saturated carbocycles. The van der Waals surface area contributed by atoms with Crippen molar-refractivity contribution in [2.24, 2.45) is 0 Å². The third-order valence-corrected chi connectivity index (χ3v) is 4.16. The molecule has 0 radical (unpaired) electrons. The third kappa shape index (κ3) is 3.00. The van der Waals surface area contributed by atoms with Crippen LogP contribution >= 0.6 is 31.9 Å². The number of benzene rings is 1. The summed E-state index contributed by atoms with van der Waals surface area (Å²) >= 11 is 6.85. The average molecular weight is 390 g/mol. The number of rotatable bonds is 1. The SMILES string of the molecule is CC1(C)NC(=O)CCN(c2cc(Br)ccc2Br)C1=O. The maximum Gasteiger partial charge on any atom is 0.252 e. The van der Waals surface area contributed by atoms with Gasteiger partial charge in [-0.3, -0.25) is 9.59 Å². The molecule has 2 rings (SSSR count). The molecule has 19 heavy (non-hydrogen) atoms. The molecular weight excluding hydrogens is 376 g/mol. The van der Waals surface area contributed by atoms with Crippen molar-refractivity contribution in [1.82, 2.24) is 5.32 Å². The predicted octanol–water partition coefficient (Wildman–Crippen LogP) is 2.84. The van der Waals surface area contributed by atoms with Gasteiger partial charge >= 0.3 is 0 Å². The Morgan fingerprint density at radius 3 is 2.63 bits per heavy atom. The maximum atomic E-state index is 12.6. The van der Waals surface area contributed by atoms with E-state index < -0.39 is 5.54 Å². The fourth-order valence-corrected chi connectivity index (χ4v) is 2.85. The molecule has 1 aromatic carbocycles. The molecule has 102 valence electrons. The Bertz CT molecular complexity index is 543. The second kappa shape index (κ2) is 5.25. The summed E-state index contributed by atoms with van der Waals surface area (Å²) in [5.41, 5.74) is -0.126. The van der Waals surface area contributed by atoms with Gasteiger partial charge in [-0.15, -0.1) is 0 Å². The van der Waals surface area contributed by atoms with E-state index in [0.717, 1.165) is 14.6 Å². The molecule has 1 N–H and O–H groups in total. The Balaban J connectivity index is 2.45.